The summed E-state index contributed by atoms with van der Waals surface area (Å²) in [6.45, 7) is 6.32. The van der Waals surface area contributed by atoms with E-state index in [4.69, 9.17) is 4.84 Å². The molecule has 1 aliphatic heterocycles. The quantitative estimate of drug-likeness (QED) is 0.353. The molecule has 6 heteroatoms. The molecule has 1 unspecified atom stereocenters. The number of nitro groups is 1. The summed E-state index contributed by atoms with van der Waals surface area (Å²) in [5, 5.41) is 13.7. The van der Waals surface area contributed by atoms with Gasteiger partial charge in [-0.15, -0.1) is 0 Å². The Bertz CT molecular complexity index is 233. The van der Waals surface area contributed by atoms with Crippen molar-refractivity contribution in [3.63, 3.8) is 0 Å². The molecule has 0 amide bonds. The lowest BCUT2D eigenvalue weighted by Gasteiger charge is -2.18. The molecule has 0 fully saturated rings. The summed E-state index contributed by atoms with van der Waals surface area (Å²) < 4.78 is 0. The molecule has 0 saturated heterocycles. The Kier molecular flexibility index (Phi) is 2.18. The normalized spacial score (nSPS) is 23.2. The largest absolute Gasteiger partial charge is 0.388 e. The van der Waals surface area contributed by atoms with Gasteiger partial charge in [-0.3, -0.25) is 4.84 Å². The van der Waals surface area contributed by atoms with Crippen molar-refractivity contribution in [1.29, 1.82) is 0 Å². The Hall–Kier alpha value is -0.913. The third kappa shape index (κ3) is 1.82. The van der Waals surface area contributed by atoms with Gasteiger partial charge in [-0.25, -0.2) is 0 Å². The van der Waals surface area contributed by atoms with E-state index >= 15 is 0 Å². The van der Waals surface area contributed by atoms with E-state index in [-0.39, 0.29) is 11.6 Å². The van der Waals surface area contributed by atoms with E-state index in [9.17, 15) is 10.1 Å². The fourth-order valence-electron chi connectivity index (χ4n) is 0.937. The first-order chi connectivity index (χ1) is 5.41. The second kappa shape index (κ2) is 2.85. The zero-order valence-corrected chi connectivity index (χ0v) is 8.40. The first-order valence-corrected chi connectivity index (χ1v) is 7.36. The van der Waals surface area contributed by atoms with Crippen LogP contribution < -0.4 is 0 Å². The average molecular weight is 188 g/mol. The van der Waals surface area contributed by atoms with Gasteiger partial charge in [-0.1, -0.05) is 19.6 Å². The molecule has 0 spiro atoms. The van der Waals surface area contributed by atoms with Crippen LogP contribution in [-0.4, -0.2) is 24.6 Å². The van der Waals surface area contributed by atoms with Crippen molar-refractivity contribution >= 4 is 13.9 Å². The lowest BCUT2D eigenvalue weighted by atomic mass is 10.4. The first kappa shape index (κ1) is 9.18. The number of oxime groups is 1. The molecule has 0 aliphatic carbocycles. The minimum atomic E-state index is -1.45. The van der Waals surface area contributed by atoms with Crippen LogP contribution in [0.5, 0.6) is 0 Å². The van der Waals surface area contributed by atoms with Gasteiger partial charge in [-0.2, -0.15) is 0 Å². The molecule has 0 saturated carbocycles. The Morgan fingerprint density at radius 2 is 2.25 bits per heavy atom. The van der Waals surface area contributed by atoms with Crippen molar-refractivity contribution in [2.24, 2.45) is 5.16 Å². The van der Waals surface area contributed by atoms with Crippen LogP contribution in [0.4, 0.5) is 0 Å². The summed E-state index contributed by atoms with van der Waals surface area (Å²) in [6.07, 6.45) is 0.364. The highest BCUT2D eigenvalue weighted by molar-refractivity contribution is 6.77. The molecule has 0 aromatic heterocycles. The van der Waals surface area contributed by atoms with Crippen molar-refractivity contribution in [1.82, 2.24) is 0 Å². The summed E-state index contributed by atoms with van der Waals surface area (Å²) in [5.74, 6) is -0.0394. The highest BCUT2D eigenvalue weighted by atomic mass is 28.3. The maximum absolute atomic E-state index is 10.3. The number of rotatable bonds is 1. The van der Waals surface area contributed by atoms with Gasteiger partial charge in [0.2, 0.25) is 0 Å². The topological polar surface area (TPSA) is 64.7 Å². The van der Waals surface area contributed by atoms with Crippen LogP contribution in [0.1, 0.15) is 6.42 Å². The van der Waals surface area contributed by atoms with Crippen LogP contribution in [0.2, 0.25) is 19.6 Å². The predicted octanol–water partition coefficient (Wildman–Crippen LogP) is 1.24. The number of hydrogen-bond acceptors (Lipinski definition) is 4. The molecule has 1 aliphatic rings. The second-order valence-corrected chi connectivity index (χ2v) is 9.30. The molecule has 0 radical (unpaired) electrons. The summed E-state index contributed by atoms with van der Waals surface area (Å²) in [7, 11) is -1.45. The number of hydrogen-bond donors (Lipinski definition) is 0. The van der Waals surface area contributed by atoms with Gasteiger partial charge in [0.25, 0.3) is 0 Å². The molecule has 0 aromatic rings. The van der Waals surface area contributed by atoms with Gasteiger partial charge in [0, 0.05) is 0 Å². The maximum atomic E-state index is 10.3. The molecule has 0 N–H and O–H groups in total. The predicted molar refractivity (Wildman–Crippen MR) is 47.3 cm³/mol. The van der Waals surface area contributed by atoms with Crippen molar-refractivity contribution in [3.05, 3.63) is 10.1 Å². The molecule has 1 atom stereocenters. The van der Waals surface area contributed by atoms with E-state index in [1.54, 1.807) is 0 Å². The Labute approximate surface area is 71.6 Å². The van der Waals surface area contributed by atoms with Crippen LogP contribution in [-0.2, 0) is 4.84 Å². The van der Waals surface area contributed by atoms with E-state index in [1.807, 2.05) is 0 Å². The van der Waals surface area contributed by atoms with E-state index in [1.165, 1.54) is 0 Å². The lowest BCUT2D eigenvalue weighted by Crippen LogP contribution is -2.38. The molecule has 1 heterocycles. The Morgan fingerprint density at radius 1 is 1.67 bits per heavy atom. The van der Waals surface area contributed by atoms with E-state index in [0.29, 0.717) is 6.42 Å². The summed E-state index contributed by atoms with van der Waals surface area (Å²) in [5.41, 5.74) is -0.0297. The maximum Gasteiger partial charge on any atom is 0.388 e. The van der Waals surface area contributed by atoms with Crippen LogP contribution in [0.15, 0.2) is 5.16 Å². The Balaban J connectivity index is 2.59. The number of nitrogens with zero attached hydrogens (tertiary/aromatic N) is 2. The molecule has 68 valence electrons. The van der Waals surface area contributed by atoms with E-state index in [2.05, 4.69) is 24.8 Å². The van der Waals surface area contributed by atoms with Gasteiger partial charge in [0.05, 0.1) is 0 Å². The molecule has 1 rings (SSSR count). The van der Waals surface area contributed by atoms with Gasteiger partial charge in [0.15, 0.2) is 10.9 Å². The van der Waals surface area contributed by atoms with Crippen LogP contribution >= 0.6 is 0 Å². The summed E-state index contributed by atoms with van der Waals surface area (Å²) in [4.78, 5) is 14.8. The van der Waals surface area contributed by atoms with Crippen LogP contribution in [0.3, 0.4) is 0 Å². The fraction of sp³-hybridized carbons (Fsp3) is 0.833. The molecule has 12 heavy (non-hydrogen) atoms. The summed E-state index contributed by atoms with van der Waals surface area (Å²) >= 11 is 0. The van der Waals surface area contributed by atoms with Gasteiger partial charge in [-0.05, 0) is 4.92 Å². The van der Waals surface area contributed by atoms with Crippen LogP contribution in [0.25, 0.3) is 0 Å². The second-order valence-electron chi connectivity index (χ2n) is 3.93. The molecular weight excluding hydrogens is 176 g/mol. The van der Waals surface area contributed by atoms with Crippen molar-refractivity contribution in [3.8, 4) is 0 Å². The lowest BCUT2D eigenvalue weighted by molar-refractivity contribution is -0.352. The van der Waals surface area contributed by atoms with E-state index < -0.39 is 13.0 Å². The monoisotopic (exact) mass is 188 g/mol. The Morgan fingerprint density at radius 3 is 2.50 bits per heavy atom. The molecule has 0 aromatic carbocycles. The van der Waals surface area contributed by atoms with Gasteiger partial charge < -0.3 is 10.1 Å². The zero-order chi connectivity index (χ0) is 9.35. The minimum absolute atomic E-state index is 0.0297. The van der Waals surface area contributed by atoms with Crippen molar-refractivity contribution in [2.45, 2.75) is 31.8 Å². The van der Waals surface area contributed by atoms with Crippen LogP contribution in [0, 0.1) is 10.1 Å². The molecule has 5 nitrogen and oxygen atoms in total. The highest BCUT2D eigenvalue weighted by Crippen LogP contribution is 2.20. The first-order valence-electron chi connectivity index (χ1n) is 3.78. The van der Waals surface area contributed by atoms with Gasteiger partial charge in [0.1, 0.15) is 14.5 Å². The number of amidine groups is 1. The highest BCUT2D eigenvalue weighted by Gasteiger charge is 2.40. The molecular formula is C6H12N2O3Si. The third-order valence-electron chi connectivity index (χ3n) is 1.83. The smallest absolute Gasteiger partial charge is 0.358 e. The SMILES string of the molecule is C[Si](C)(C)C1CC([N+](=O)[O-])=NO1. The van der Waals surface area contributed by atoms with Crippen molar-refractivity contribution in [2.75, 3.05) is 0 Å². The van der Waals surface area contributed by atoms with E-state index in [0.717, 1.165) is 0 Å². The zero-order valence-electron chi connectivity index (χ0n) is 7.40. The van der Waals surface area contributed by atoms with Crippen molar-refractivity contribution < 1.29 is 9.76 Å². The standard InChI is InChI=1S/C6H12N2O3Si/c1-12(2,3)6-4-5(7-11-6)8(9)10/h6H,4H2,1-3H3. The third-order valence-corrected chi connectivity index (χ3v) is 4.07. The molecule has 0 bridgehead atoms. The van der Waals surface area contributed by atoms with Gasteiger partial charge >= 0.3 is 5.84 Å². The fourth-order valence-corrected chi connectivity index (χ4v) is 2.10. The average Bonchev–Trinajstić information content (AvgIpc) is 2.30. The summed E-state index contributed by atoms with van der Waals surface area (Å²) in [6, 6.07) is 0. The minimum Gasteiger partial charge on any atom is -0.358 e.